The third-order valence-electron chi connectivity index (χ3n) is 5.61. The van der Waals surface area contributed by atoms with Gasteiger partial charge in [-0.15, -0.1) is 11.8 Å². The van der Waals surface area contributed by atoms with Crippen LogP contribution >= 0.6 is 23.1 Å². The number of anilines is 2. The number of carbonyl (C=O) groups excluding carboxylic acids is 3. The monoisotopic (exact) mass is 571 g/mol. The maximum atomic E-state index is 13.1. The van der Waals surface area contributed by atoms with Crippen LogP contribution in [0, 0.1) is 0 Å². The maximum absolute atomic E-state index is 13.1. The summed E-state index contributed by atoms with van der Waals surface area (Å²) in [6.07, 6.45) is 1.64. The topological polar surface area (TPSA) is 96.5 Å². The Balaban J connectivity index is 1.36. The number of thiophene rings is 1. The van der Waals surface area contributed by atoms with Crippen molar-refractivity contribution in [1.82, 2.24) is 5.32 Å². The molecule has 3 amide bonds. The van der Waals surface area contributed by atoms with E-state index in [0.717, 1.165) is 16.2 Å². The number of hydrogen-bond acceptors (Lipinski definition) is 6. The fourth-order valence-corrected chi connectivity index (χ4v) is 5.07. The largest absolute Gasteiger partial charge is 0.494 e. The Morgan fingerprint density at radius 1 is 0.900 bits per heavy atom. The fraction of sp³-hybridized carbons (Fsp3) is 0.129. The normalized spacial score (nSPS) is 11.8. The summed E-state index contributed by atoms with van der Waals surface area (Å²) in [5, 5.41) is 11.9. The summed E-state index contributed by atoms with van der Waals surface area (Å²) in [4.78, 5) is 39.4. The molecule has 1 atom stereocenters. The molecule has 0 spiro atoms. The van der Waals surface area contributed by atoms with E-state index < -0.39 is 5.91 Å². The molecule has 0 radical (unpaired) electrons. The lowest BCUT2D eigenvalue weighted by Gasteiger charge is -2.14. The van der Waals surface area contributed by atoms with Crippen LogP contribution in [0.3, 0.4) is 0 Å². The van der Waals surface area contributed by atoms with Gasteiger partial charge in [-0.05, 0) is 103 Å². The SMILES string of the molecule is CCOc1ccc(NC(=O)C(C)Sc2ccc(NC(=O)/C(=C/c3ccsc3)NC(=O)c3ccccc3)cc2)cc1. The van der Waals surface area contributed by atoms with Gasteiger partial charge in [0, 0.05) is 21.8 Å². The first-order valence-corrected chi connectivity index (χ1v) is 14.5. The number of thioether (sulfide) groups is 1. The molecule has 1 aromatic heterocycles. The van der Waals surface area contributed by atoms with E-state index in [-0.39, 0.29) is 22.8 Å². The second-order valence-electron chi connectivity index (χ2n) is 8.62. The summed E-state index contributed by atoms with van der Waals surface area (Å²) in [6, 6.07) is 25.0. The molecule has 3 N–H and O–H groups in total. The first-order chi connectivity index (χ1) is 19.4. The summed E-state index contributed by atoms with van der Waals surface area (Å²) in [5.74, 6) is -0.188. The van der Waals surface area contributed by atoms with E-state index in [1.165, 1.54) is 23.1 Å². The van der Waals surface area contributed by atoms with Crippen molar-refractivity contribution < 1.29 is 19.1 Å². The third-order valence-corrected chi connectivity index (χ3v) is 7.42. The van der Waals surface area contributed by atoms with Gasteiger partial charge in [-0.1, -0.05) is 18.2 Å². The summed E-state index contributed by atoms with van der Waals surface area (Å²) >= 11 is 2.91. The summed E-state index contributed by atoms with van der Waals surface area (Å²) in [7, 11) is 0. The van der Waals surface area contributed by atoms with Gasteiger partial charge in [-0.2, -0.15) is 11.3 Å². The van der Waals surface area contributed by atoms with Gasteiger partial charge in [-0.3, -0.25) is 14.4 Å². The van der Waals surface area contributed by atoms with Crippen LogP contribution in [0.1, 0.15) is 29.8 Å². The van der Waals surface area contributed by atoms with Crippen LogP contribution in [0.25, 0.3) is 6.08 Å². The number of hydrogen-bond donors (Lipinski definition) is 3. The van der Waals surface area contributed by atoms with Gasteiger partial charge in [0.05, 0.1) is 11.9 Å². The minimum absolute atomic E-state index is 0.121. The molecule has 204 valence electrons. The van der Waals surface area contributed by atoms with Gasteiger partial charge in [0.15, 0.2) is 0 Å². The van der Waals surface area contributed by atoms with Crippen LogP contribution < -0.4 is 20.7 Å². The van der Waals surface area contributed by atoms with Crippen molar-refractivity contribution in [3.05, 3.63) is 113 Å². The van der Waals surface area contributed by atoms with E-state index in [4.69, 9.17) is 4.74 Å². The van der Waals surface area contributed by atoms with Gasteiger partial charge in [0.2, 0.25) is 5.91 Å². The molecular weight excluding hydrogens is 542 g/mol. The number of carbonyl (C=O) groups is 3. The number of benzene rings is 3. The number of nitrogens with one attached hydrogen (secondary N) is 3. The van der Waals surface area contributed by atoms with Gasteiger partial charge < -0.3 is 20.7 Å². The average Bonchev–Trinajstić information content (AvgIpc) is 3.48. The number of amides is 3. The highest BCUT2D eigenvalue weighted by Gasteiger charge is 2.17. The Kier molecular flexibility index (Phi) is 10.1. The maximum Gasteiger partial charge on any atom is 0.272 e. The lowest BCUT2D eigenvalue weighted by molar-refractivity contribution is -0.115. The Morgan fingerprint density at radius 3 is 2.23 bits per heavy atom. The fourth-order valence-electron chi connectivity index (χ4n) is 3.58. The van der Waals surface area contributed by atoms with Crippen LogP contribution in [0.4, 0.5) is 11.4 Å². The predicted octanol–water partition coefficient (Wildman–Crippen LogP) is 6.68. The van der Waals surface area contributed by atoms with Crippen molar-refractivity contribution in [2.24, 2.45) is 0 Å². The van der Waals surface area contributed by atoms with Gasteiger partial charge >= 0.3 is 0 Å². The van der Waals surface area contributed by atoms with E-state index in [0.29, 0.717) is 23.5 Å². The van der Waals surface area contributed by atoms with Gasteiger partial charge in [-0.25, -0.2) is 0 Å². The molecule has 40 heavy (non-hydrogen) atoms. The molecule has 7 nitrogen and oxygen atoms in total. The van der Waals surface area contributed by atoms with Crippen LogP contribution in [-0.4, -0.2) is 29.6 Å². The molecule has 0 aliphatic heterocycles. The zero-order valence-corrected chi connectivity index (χ0v) is 23.7. The summed E-state index contributed by atoms with van der Waals surface area (Å²) < 4.78 is 5.43. The molecule has 1 heterocycles. The van der Waals surface area contributed by atoms with Gasteiger partial charge in [0.25, 0.3) is 11.8 Å². The van der Waals surface area contributed by atoms with Crippen molar-refractivity contribution in [2.75, 3.05) is 17.2 Å². The molecule has 0 saturated carbocycles. The lowest BCUT2D eigenvalue weighted by atomic mass is 10.2. The zero-order valence-electron chi connectivity index (χ0n) is 22.0. The first kappa shape index (κ1) is 28.7. The van der Waals surface area contributed by atoms with Crippen molar-refractivity contribution >= 4 is 58.3 Å². The zero-order chi connectivity index (χ0) is 28.3. The minimum Gasteiger partial charge on any atom is -0.494 e. The molecule has 9 heteroatoms. The highest BCUT2D eigenvalue weighted by atomic mass is 32.2. The molecule has 3 aromatic carbocycles. The second kappa shape index (κ2) is 14.2. The third kappa shape index (κ3) is 8.33. The smallest absolute Gasteiger partial charge is 0.272 e. The quantitative estimate of drug-likeness (QED) is 0.138. The van der Waals surface area contributed by atoms with Crippen LogP contribution in [0.2, 0.25) is 0 Å². The summed E-state index contributed by atoms with van der Waals surface area (Å²) in [5.41, 5.74) is 2.65. The molecule has 4 rings (SSSR count). The van der Waals surface area contributed by atoms with Crippen molar-refractivity contribution in [2.45, 2.75) is 24.0 Å². The highest BCUT2D eigenvalue weighted by molar-refractivity contribution is 8.00. The Labute approximate surface area is 241 Å². The Morgan fingerprint density at radius 2 is 1.57 bits per heavy atom. The molecular formula is C31H29N3O4S2. The van der Waals surface area contributed by atoms with Gasteiger partial charge in [0.1, 0.15) is 11.4 Å². The molecule has 0 saturated heterocycles. The molecule has 4 aromatic rings. The van der Waals surface area contributed by atoms with Crippen LogP contribution in [0.15, 0.2) is 106 Å². The second-order valence-corrected chi connectivity index (χ2v) is 10.8. The Bertz CT molecular complexity index is 1450. The average molecular weight is 572 g/mol. The number of rotatable bonds is 11. The Hall–Kier alpha value is -4.34. The number of ether oxygens (including phenoxy) is 1. The van der Waals surface area contributed by atoms with Crippen LogP contribution in [0.5, 0.6) is 5.75 Å². The van der Waals surface area contributed by atoms with E-state index >= 15 is 0 Å². The molecule has 1 unspecified atom stereocenters. The molecule has 0 aliphatic rings. The van der Waals surface area contributed by atoms with E-state index in [2.05, 4.69) is 16.0 Å². The van der Waals surface area contributed by atoms with Crippen molar-refractivity contribution in [3.8, 4) is 5.75 Å². The molecule has 0 fully saturated rings. The highest BCUT2D eigenvalue weighted by Crippen LogP contribution is 2.26. The van der Waals surface area contributed by atoms with Crippen molar-refractivity contribution in [3.63, 3.8) is 0 Å². The van der Waals surface area contributed by atoms with E-state index in [1.807, 2.05) is 61.0 Å². The minimum atomic E-state index is -0.445. The lowest BCUT2D eigenvalue weighted by Crippen LogP contribution is -2.30. The van der Waals surface area contributed by atoms with Crippen molar-refractivity contribution in [1.29, 1.82) is 0 Å². The van der Waals surface area contributed by atoms with E-state index in [9.17, 15) is 14.4 Å². The standard InChI is InChI=1S/C31H29N3O4S2/c1-3-38-26-13-9-24(10-14-26)32-29(35)21(2)40-27-15-11-25(12-16-27)33-31(37)28(19-22-17-18-39-20-22)34-30(36)23-7-5-4-6-8-23/h4-21H,3H2,1-2H3,(H,32,35)(H,33,37)(H,34,36)/b28-19-. The summed E-state index contributed by atoms with van der Waals surface area (Å²) in [6.45, 7) is 4.34. The molecule has 0 aliphatic carbocycles. The first-order valence-electron chi connectivity index (χ1n) is 12.6. The predicted molar refractivity (Wildman–Crippen MR) is 163 cm³/mol. The van der Waals surface area contributed by atoms with E-state index in [1.54, 1.807) is 54.6 Å². The van der Waals surface area contributed by atoms with Crippen LogP contribution in [-0.2, 0) is 9.59 Å². The molecule has 0 bridgehead atoms.